The molecule has 0 aliphatic rings. The first kappa shape index (κ1) is 25.2. The number of likely N-dealkylation sites (N-methyl/N-ethyl adjacent to an activating group) is 1. The number of benzene rings is 2. The third-order valence-corrected chi connectivity index (χ3v) is 5.84. The van der Waals surface area contributed by atoms with E-state index in [0.29, 0.717) is 26.1 Å². The van der Waals surface area contributed by atoms with Crippen molar-refractivity contribution in [3.8, 4) is 5.75 Å². The molecule has 0 fully saturated rings. The maximum Gasteiger partial charge on any atom is 0.193 e. The van der Waals surface area contributed by atoms with Crippen molar-refractivity contribution in [1.29, 1.82) is 0 Å². The number of sulfone groups is 1. The predicted molar refractivity (Wildman–Crippen MR) is 130 cm³/mol. The van der Waals surface area contributed by atoms with E-state index in [9.17, 15) is 8.42 Å². The van der Waals surface area contributed by atoms with Gasteiger partial charge in [-0.05, 0) is 24.1 Å². The van der Waals surface area contributed by atoms with E-state index in [0.717, 1.165) is 17.3 Å². The van der Waals surface area contributed by atoms with Gasteiger partial charge in [0.15, 0.2) is 15.8 Å². The van der Waals surface area contributed by atoms with Gasteiger partial charge in [-0.25, -0.2) is 8.42 Å². The fourth-order valence-electron chi connectivity index (χ4n) is 2.70. The first-order chi connectivity index (χ1) is 13.5. The maximum atomic E-state index is 12.2. The van der Waals surface area contributed by atoms with Crippen molar-refractivity contribution in [3.63, 3.8) is 0 Å². The number of aliphatic imine (C=N–C) groups is 1. The lowest BCUT2D eigenvalue weighted by Crippen LogP contribution is -2.41. The second-order valence-electron chi connectivity index (χ2n) is 6.49. The van der Waals surface area contributed by atoms with Gasteiger partial charge in [0.1, 0.15) is 12.4 Å². The summed E-state index contributed by atoms with van der Waals surface area (Å²) < 4.78 is 30.2. The van der Waals surface area contributed by atoms with Crippen LogP contribution in [0.15, 0.2) is 65.7 Å². The molecule has 0 aliphatic carbocycles. The molecule has 0 saturated heterocycles. The zero-order valence-corrected chi connectivity index (χ0v) is 20.1. The van der Waals surface area contributed by atoms with Gasteiger partial charge in [-0.3, -0.25) is 4.99 Å². The lowest BCUT2D eigenvalue weighted by molar-refractivity contribution is 0.281. The molecule has 29 heavy (non-hydrogen) atoms. The van der Waals surface area contributed by atoms with Crippen LogP contribution in [0.4, 0.5) is 0 Å². The number of nitrogens with one attached hydrogen (secondary N) is 1. The van der Waals surface area contributed by atoms with Crippen LogP contribution < -0.4 is 10.1 Å². The molecule has 0 heterocycles. The van der Waals surface area contributed by atoms with Crippen molar-refractivity contribution < 1.29 is 13.2 Å². The van der Waals surface area contributed by atoms with Crippen LogP contribution in [0, 0.1) is 0 Å². The van der Waals surface area contributed by atoms with Gasteiger partial charge < -0.3 is 15.0 Å². The number of halogens is 1. The number of guanidine groups is 1. The van der Waals surface area contributed by atoms with E-state index in [1.165, 1.54) is 0 Å². The largest absolute Gasteiger partial charge is 0.492 e. The van der Waals surface area contributed by atoms with E-state index in [1.807, 2.05) is 72.6 Å². The first-order valence-corrected chi connectivity index (χ1v) is 11.2. The Morgan fingerprint density at radius 1 is 1.07 bits per heavy atom. The minimum Gasteiger partial charge on any atom is -0.492 e. The molecule has 6 nitrogen and oxygen atoms in total. The smallest absolute Gasteiger partial charge is 0.193 e. The Morgan fingerprint density at radius 2 is 1.69 bits per heavy atom. The minimum absolute atomic E-state index is 0. The molecule has 0 atom stereocenters. The molecule has 0 radical (unpaired) electrons. The molecule has 2 aromatic carbocycles. The molecule has 0 aromatic heterocycles. The molecule has 0 unspecified atom stereocenters. The Balaban J connectivity index is 0.00000420. The van der Waals surface area contributed by atoms with Crippen LogP contribution in [0.2, 0.25) is 0 Å². The second kappa shape index (κ2) is 13.4. The standard InChI is InChI=1S/C21H29N3O3S.HI/c1-22-21(24(2)15-16-27-20-12-7-4-8-13-20)23-14-9-17-28(25,26)18-19-10-5-3-6-11-19;/h3-8,10-13H,9,14-18H2,1-2H3,(H,22,23);1H. The van der Waals surface area contributed by atoms with Gasteiger partial charge in [-0.2, -0.15) is 0 Å². The fraction of sp³-hybridized carbons (Fsp3) is 0.381. The van der Waals surface area contributed by atoms with E-state index in [4.69, 9.17) is 4.74 Å². The van der Waals surface area contributed by atoms with Crippen LogP contribution in [0.25, 0.3) is 0 Å². The van der Waals surface area contributed by atoms with E-state index in [2.05, 4.69) is 10.3 Å². The lowest BCUT2D eigenvalue weighted by Gasteiger charge is -2.22. The topological polar surface area (TPSA) is 71.0 Å². The average Bonchev–Trinajstić information content (AvgIpc) is 2.69. The number of nitrogens with zero attached hydrogens (tertiary/aromatic N) is 2. The second-order valence-corrected chi connectivity index (χ2v) is 8.67. The summed E-state index contributed by atoms with van der Waals surface area (Å²) in [5, 5.41) is 3.21. The molecule has 0 aliphatic heterocycles. The molecule has 0 bridgehead atoms. The maximum absolute atomic E-state index is 12.2. The molecule has 2 aromatic rings. The molecular formula is C21H30IN3O3S. The molecule has 0 saturated carbocycles. The van der Waals surface area contributed by atoms with Crippen molar-refractivity contribution in [3.05, 3.63) is 66.2 Å². The Morgan fingerprint density at radius 3 is 2.31 bits per heavy atom. The minimum atomic E-state index is -3.12. The summed E-state index contributed by atoms with van der Waals surface area (Å²) in [4.78, 5) is 6.20. The van der Waals surface area contributed by atoms with E-state index >= 15 is 0 Å². The van der Waals surface area contributed by atoms with Gasteiger partial charge >= 0.3 is 0 Å². The first-order valence-electron chi connectivity index (χ1n) is 9.34. The molecule has 160 valence electrons. The van der Waals surface area contributed by atoms with Crippen LogP contribution in [0.3, 0.4) is 0 Å². The summed E-state index contributed by atoms with van der Waals surface area (Å²) in [7, 11) is 0.520. The lowest BCUT2D eigenvalue weighted by atomic mass is 10.2. The molecule has 2 rings (SSSR count). The summed E-state index contributed by atoms with van der Waals surface area (Å²) in [6.07, 6.45) is 0.530. The van der Waals surface area contributed by atoms with Gasteiger partial charge in [0.25, 0.3) is 0 Å². The van der Waals surface area contributed by atoms with Gasteiger partial charge in [0.2, 0.25) is 0 Å². The normalized spacial score (nSPS) is 11.4. The Kier molecular flexibility index (Phi) is 11.7. The number of hydrogen-bond acceptors (Lipinski definition) is 4. The molecule has 0 spiro atoms. The Labute approximate surface area is 191 Å². The average molecular weight is 531 g/mol. The predicted octanol–water partition coefficient (Wildman–Crippen LogP) is 3.20. The molecule has 8 heteroatoms. The van der Waals surface area contributed by atoms with Crippen LogP contribution in [-0.2, 0) is 15.6 Å². The van der Waals surface area contributed by atoms with Crippen LogP contribution in [0.5, 0.6) is 5.75 Å². The number of ether oxygens (including phenoxy) is 1. The van der Waals surface area contributed by atoms with Gasteiger partial charge in [0, 0.05) is 20.6 Å². The Hall–Kier alpha value is -1.81. The third kappa shape index (κ3) is 9.98. The SMILES string of the molecule is CN=C(NCCCS(=O)(=O)Cc1ccccc1)N(C)CCOc1ccccc1.I. The third-order valence-electron chi connectivity index (χ3n) is 4.16. The number of hydrogen-bond donors (Lipinski definition) is 1. The summed E-state index contributed by atoms with van der Waals surface area (Å²) >= 11 is 0. The van der Waals surface area contributed by atoms with Crippen molar-refractivity contribution in [2.45, 2.75) is 12.2 Å². The molecule has 1 N–H and O–H groups in total. The molecular weight excluding hydrogens is 501 g/mol. The fourth-order valence-corrected chi connectivity index (χ4v) is 4.13. The summed E-state index contributed by atoms with van der Waals surface area (Å²) in [6.45, 7) is 1.75. The Bertz CT molecular complexity index is 831. The highest BCUT2D eigenvalue weighted by Crippen LogP contribution is 2.08. The zero-order valence-electron chi connectivity index (χ0n) is 17.0. The van der Waals surface area contributed by atoms with Crippen molar-refractivity contribution in [2.24, 2.45) is 4.99 Å². The quantitative estimate of drug-likeness (QED) is 0.221. The van der Waals surface area contributed by atoms with Crippen LogP contribution in [-0.4, -0.2) is 58.8 Å². The highest BCUT2D eigenvalue weighted by atomic mass is 127. The monoisotopic (exact) mass is 531 g/mol. The molecule has 0 amide bonds. The van der Waals surface area contributed by atoms with Crippen molar-refractivity contribution in [1.82, 2.24) is 10.2 Å². The highest BCUT2D eigenvalue weighted by molar-refractivity contribution is 14.0. The number of para-hydroxylation sites is 1. The van der Waals surface area contributed by atoms with E-state index in [1.54, 1.807) is 7.05 Å². The zero-order chi connectivity index (χ0) is 20.2. The van der Waals surface area contributed by atoms with Crippen molar-refractivity contribution >= 4 is 39.8 Å². The highest BCUT2D eigenvalue weighted by Gasteiger charge is 2.12. The van der Waals surface area contributed by atoms with E-state index in [-0.39, 0.29) is 35.5 Å². The van der Waals surface area contributed by atoms with Crippen molar-refractivity contribution in [2.75, 3.05) is 39.5 Å². The number of rotatable bonds is 10. The van der Waals surface area contributed by atoms with Gasteiger partial charge in [-0.15, -0.1) is 24.0 Å². The van der Waals surface area contributed by atoms with Gasteiger partial charge in [-0.1, -0.05) is 48.5 Å². The van der Waals surface area contributed by atoms with E-state index < -0.39 is 9.84 Å². The van der Waals surface area contributed by atoms with Crippen LogP contribution >= 0.6 is 24.0 Å². The summed E-state index contributed by atoms with van der Waals surface area (Å²) in [5.74, 6) is 1.78. The summed E-state index contributed by atoms with van der Waals surface area (Å²) in [5.41, 5.74) is 0.824. The van der Waals surface area contributed by atoms with Crippen LogP contribution in [0.1, 0.15) is 12.0 Å². The van der Waals surface area contributed by atoms with Gasteiger partial charge in [0.05, 0.1) is 18.1 Å². The summed E-state index contributed by atoms with van der Waals surface area (Å²) in [6, 6.07) is 18.9.